The van der Waals surface area contributed by atoms with Crippen molar-refractivity contribution in [2.24, 2.45) is 0 Å². The molecule has 2 rings (SSSR count). The summed E-state index contributed by atoms with van der Waals surface area (Å²) in [6.45, 7) is 2.91. The average Bonchev–Trinajstić information content (AvgIpc) is 2.98. The number of benzene rings is 1. The smallest absolute Gasteiger partial charge is 0.241 e. The minimum absolute atomic E-state index is 0.160. The van der Waals surface area contributed by atoms with Crippen LogP contribution in [0.15, 0.2) is 29.2 Å². The second-order valence-electron chi connectivity index (χ2n) is 4.90. The van der Waals surface area contributed by atoms with Gasteiger partial charge in [0.25, 0.3) is 0 Å². The van der Waals surface area contributed by atoms with Crippen LogP contribution in [0, 0.1) is 11.8 Å². The van der Waals surface area contributed by atoms with E-state index in [4.69, 9.17) is 5.11 Å². The van der Waals surface area contributed by atoms with Gasteiger partial charge in [0.05, 0.1) is 4.90 Å². The number of sulfonamides is 1. The van der Waals surface area contributed by atoms with Crippen LogP contribution in [0.2, 0.25) is 0 Å². The molecule has 2 N–H and O–H groups in total. The zero-order valence-corrected chi connectivity index (χ0v) is 12.7. The molecule has 0 radical (unpaired) electrons. The molecule has 0 saturated carbocycles. The molecule has 1 heterocycles. The number of hydrogen-bond donors (Lipinski definition) is 2. The minimum Gasteiger partial charge on any atom is -0.384 e. The summed E-state index contributed by atoms with van der Waals surface area (Å²) < 4.78 is 27.3. The molecule has 114 valence electrons. The number of rotatable bonds is 5. The van der Waals surface area contributed by atoms with Gasteiger partial charge in [-0.1, -0.05) is 24.0 Å². The number of aliphatic hydroxyl groups is 1. The van der Waals surface area contributed by atoms with Gasteiger partial charge in [0.2, 0.25) is 10.0 Å². The van der Waals surface area contributed by atoms with Crippen LogP contribution in [-0.4, -0.2) is 51.2 Å². The molecule has 1 aromatic carbocycles. The van der Waals surface area contributed by atoms with Crippen molar-refractivity contribution in [3.05, 3.63) is 29.8 Å². The normalized spacial score (nSPS) is 15.7. The van der Waals surface area contributed by atoms with Gasteiger partial charge in [0.15, 0.2) is 0 Å². The second-order valence-corrected chi connectivity index (χ2v) is 6.64. The highest BCUT2D eigenvalue weighted by molar-refractivity contribution is 7.89. The van der Waals surface area contributed by atoms with Crippen LogP contribution in [0.25, 0.3) is 0 Å². The summed E-state index contributed by atoms with van der Waals surface area (Å²) in [5.41, 5.74) is 0.403. The monoisotopic (exact) mass is 308 g/mol. The van der Waals surface area contributed by atoms with Crippen molar-refractivity contribution in [2.75, 3.05) is 32.8 Å². The maximum Gasteiger partial charge on any atom is 0.241 e. The Balaban J connectivity index is 2.04. The molecule has 1 aliphatic rings. The standard InChI is InChI=1S/C15H20N2O3S/c18-13-5-7-14-6-1-2-8-15(14)21(19,20)16-9-12-17-10-3-4-11-17/h1-2,6,8,16,18H,3-4,9-13H2. The predicted octanol–water partition coefficient (Wildman–Crippen LogP) is 0.404. The van der Waals surface area contributed by atoms with Crippen molar-refractivity contribution in [1.82, 2.24) is 9.62 Å². The molecule has 0 aromatic heterocycles. The highest BCUT2D eigenvalue weighted by atomic mass is 32.2. The van der Waals surface area contributed by atoms with Crippen LogP contribution in [0.5, 0.6) is 0 Å². The van der Waals surface area contributed by atoms with Gasteiger partial charge < -0.3 is 10.0 Å². The lowest BCUT2D eigenvalue weighted by Gasteiger charge is -2.15. The van der Waals surface area contributed by atoms with Gasteiger partial charge in [-0.15, -0.1) is 0 Å². The quantitative estimate of drug-likeness (QED) is 0.773. The van der Waals surface area contributed by atoms with Gasteiger partial charge in [0, 0.05) is 18.7 Å². The Bertz CT molecular complexity index is 626. The Morgan fingerprint density at radius 1 is 1.24 bits per heavy atom. The Hall–Kier alpha value is -1.39. The first-order valence-electron chi connectivity index (χ1n) is 7.04. The fraction of sp³-hybridized carbons (Fsp3) is 0.467. The molecule has 0 bridgehead atoms. The first kappa shape index (κ1) is 16.0. The van der Waals surface area contributed by atoms with Crippen molar-refractivity contribution in [3.8, 4) is 11.8 Å². The van der Waals surface area contributed by atoms with Gasteiger partial charge in [-0.2, -0.15) is 0 Å². The molecule has 0 spiro atoms. The average molecular weight is 308 g/mol. The summed E-state index contributed by atoms with van der Waals surface area (Å²) >= 11 is 0. The Morgan fingerprint density at radius 2 is 1.95 bits per heavy atom. The van der Waals surface area contributed by atoms with E-state index in [-0.39, 0.29) is 11.5 Å². The van der Waals surface area contributed by atoms with Gasteiger partial charge in [-0.25, -0.2) is 13.1 Å². The van der Waals surface area contributed by atoms with Crippen LogP contribution >= 0.6 is 0 Å². The van der Waals surface area contributed by atoms with Gasteiger partial charge in [-0.05, 0) is 38.1 Å². The summed E-state index contributed by atoms with van der Waals surface area (Å²) in [6, 6.07) is 6.56. The summed E-state index contributed by atoms with van der Waals surface area (Å²) in [5.74, 6) is 5.15. The maximum absolute atomic E-state index is 12.3. The Labute approximate surface area is 126 Å². The van der Waals surface area contributed by atoms with Gasteiger partial charge in [0.1, 0.15) is 6.61 Å². The number of hydrogen-bond acceptors (Lipinski definition) is 4. The molecule has 1 aromatic rings. The molecule has 1 aliphatic heterocycles. The number of nitrogens with one attached hydrogen (secondary N) is 1. The molecule has 0 amide bonds. The van der Waals surface area contributed by atoms with E-state index in [0.29, 0.717) is 12.1 Å². The van der Waals surface area contributed by atoms with Crippen molar-refractivity contribution in [1.29, 1.82) is 0 Å². The fourth-order valence-corrected chi connectivity index (χ4v) is 3.54. The zero-order chi connectivity index (χ0) is 15.1. The van der Waals surface area contributed by atoms with E-state index in [2.05, 4.69) is 21.5 Å². The zero-order valence-electron chi connectivity index (χ0n) is 11.9. The van der Waals surface area contributed by atoms with Crippen molar-refractivity contribution < 1.29 is 13.5 Å². The second kappa shape index (κ2) is 7.57. The van der Waals surface area contributed by atoms with E-state index in [9.17, 15) is 8.42 Å². The molecule has 6 heteroatoms. The molecule has 1 saturated heterocycles. The lowest BCUT2D eigenvalue weighted by atomic mass is 10.2. The topological polar surface area (TPSA) is 69.6 Å². The lowest BCUT2D eigenvalue weighted by molar-refractivity contribution is 0.344. The molecule has 21 heavy (non-hydrogen) atoms. The van der Waals surface area contributed by atoms with Gasteiger partial charge in [-0.3, -0.25) is 0 Å². The highest BCUT2D eigenvalue weighted by Gasteiger charge is 2.18. The summed E-state index contributed by atoms with van der Waals surface area (Å²) in [4.78, 5) is 2.41. The van der Waals surface area contributed by atoms with E-state index >= 15 is 0 Å². The molecular weight excluding hydrogens is 288 g/mol. The van der Waals surface area contributed by atoms with E-state index in [1.165, 1.54) is 18.9 Å². The van der Waals surface area contributed by atoms with Crippen molar-refractivity contribution in [2.45, 2.75) is 17.7 Å². The lowest BCUT2D eigenvalue weighted by Crippen LogP contribution is -2.33. The van der Waals surface area contributed by atoms with Crippen molar-refractivity contribution >= 4 is 10.0 Å². The predicted molar refractivity (Wildman–Crippen MR) is 81.3 cm³/mol. The highest BCUT2D eigenvalue weighted by Crippen LogP contribution is 2.14. The third-order valence-corrected chi connectivity index (χ3v) is 4.92. The summed E-state index contributed by atoms with van der Waals surface area (Å²) in [5, 5.41) is 8.74. The molecule has 0 atom stereocenters. The van der Waals surface area contributed by atoms with Crippen LogP contribution in [0.4, 0.5) is 0 Å². The molecular formula is C15H20N2O3S. The minimum atomic E-state index is -3.57. The van der Waals surface area contributed by atoms with Crippen LogP contribution in [-0.2, 0) is 10.0 Å². The molecule has 0 unspecified atom stereocenters. The van der Waals surface area contributed by atoms with E-state index in [0.717, 1.165) is 19.6 Å². The Morgan fingerprint density at radius 3 is 2.67 bits per heavy atom. The van der Waals surface area contributed by atoms with E-state index in [1.807, 2.05) is 0 Å². The van der Waals surface area contributed by atoms with Crippen LogP contribution < -0.4 is 4.72 Å². The van der Waals surface area contributed by atoms with Crippen molar-refractivity contribution in [3.63, 3.8) is 0 Å². The SMILES string of the molecule is O=S(=O)(NCCN1CCCC1)c1ccccc1C#CCO. The third-order valence-electron chi connectivity index (χ3n) is 3.40. The van der Waals surface area contributed by atoms with Crippen LogP contribution in [0.1, 0.15) is 18.4 Å². The number of likely N-dealkylation sites (tertiary alicyclic amines) is 1. The fourth-order valence-electron chi connectivity index (χ4n) is 2.36. The van der Waals surface area contributed by atoms with Gasteiger partial charge >= 0.3 is 0 Å². The van der Waals surface area contributed by atoms with Crippen LogP contribution in [0.3, 0.4) is 0 Å². The molecule has 5 nitrogen and oxygen atoms in total. The number of nitrogens with zero attached hydrogens (tertiary/aromatic N) is 1. The summed E-state index contributed by atoms with van der Waals surface area (Å²) in [7, 11) is -3.57. The maximum atomic E-state index is 12.3. The largest absolute Gasteiger partial charge is 0.384 e. The number of aliphatic hydroxyl groups excluding tert-OH is 1. The first-order valence-corrected chi connectivity index (χ1v) is 8.52. The van der Waals surface area contributed by atoms with E-state index in [1.54, 1.807) is 18.2 Å². The summed E-state index contributed by atoms with van der Waals surface area (Å²) in [6.07, 6.45) is 2.37. The third kappa shape index (κ3) is 4.55. The molecule has 0 aliphatic carbocycles. The first-order chi connectivity index (χ1) is 10.1. The molecule has 1 fully saturated rings. The Kier molecular flexibility index (Phi) is 5.76. The van der Waals surface area contributed by atoms with E-state index < -0.39 is 10.0 Å².